The average molecular weight is 226 g/mol. The van der Waals surface area contributed by atoms with Crippen LogP contribution >= 0.6 is 0 Å². The summed E-state index contributed by atoms with van der Waals surface area (Å²) in [6.45, 7) is 2.43. The van der Waals surface area contributed by atoms with Gasteiger partial charge in [-0.2, -0.15) is 0 Å². The van der Waals surface area contributed by atoms with Crippen molar-refractivity contribution in [3.05, 3.63) is 22.5 Å². The third-order valence-corrected chi connectivity index (χ3v) is 2.08. The predicted molar refractivity (Wildman–Crippen MR) is 58.1 cm³/mol. The molecule has 1 rings (SSSR count). The lowest BCUT2D eigenvalue weighted by Gasteiger charge is -2.07. The van der Waals surface area contributed by atoms with Gasteiger partial charge in [-0.15, -0.1) is 0 Å². The van der Waals surface area contributed by atoms with Gasteiger partial charge >= 0.3 is 5.69 Å². The van der Waals surface area contributed by atoms with Crippen LogP contribution in [-0.2, 0) is 0 Å². The zero-order chi connectivity index (χ0) is 12.0. The molecule has 0 radical (unpaired) electrons. The van der Waals surface area contributed by atoms with E-state index in [1.807, 2.05) is 6.92 Å². The molecule has 1 unspecified atom stereocenters. The van der Waals surface area contributed by atoms with Crippen LogP contribution in [0.1, 0.15) is 19.8 Å². The monoisotopic (exact) mass is 226 g/mol. The van der Waals surface area contributed by atoms with E-state index >= 15 is 0 Å². The van der Waals surface area contributed by atoms with Crippen LogP contribution in [0.3, 0.4) is 0 Å². The van der Waals surface area contributed by atoms with Gasteiger partial charge in [0.15, 0.2) is 0 Å². The minimum atomic E-state index is -0.551. The minimum absolute atomic E-state index is 0.140. The number of rotatable bonds is 6. The minimum Gasteiger partial charge on any atom is -0.393 e. The fourth-order valence-corrected chi connectivity index (χ4v) is 1.06. The lowest BCUT2D eigenvalue weighted by atomic mass is 10.2. The summed E-state index contributed by atoms with van der Waals surface area (Å²) in [4.78, 5) is 17.3. The maximum atomic E-state index is 10.3. The number of aromatic nitrogens is 2. The molecule has 16 heavy (non-hydrogen) atoms. The van der Waals surface area contributed by atoms with Crippen molar-refractivity contribution >= 4 is 11.6 Å². The molecule has 88 valence electrons. The van der Waals surface area contributed by atoms with Crippen LogP contribution < -0.4 is 5.32 Å². The fourth-order valence-electron chi connectivity index (χ4n) is 1.06. The van der Waals surface area contributed by atoms with Gasteiger partial charge in [0.25, 0.3) is 0 Å². The summed E-state index contributed by atoms with van der Waals surface area (Å²) >= 11 is 0. The Morgan fingerprint density at radius 1 is 1.56 bits per heavy atom. The maximum absolute atomic E-state index is 10.3. The van der Waals surface area contributed by atoms with Crippen molar-refractivity contribution in [2.24, 2.45) is 0 Å². The van der Waals surface area contributed by atoms with Crippen LogP contribution in [0.25, 0.3) is 0 Å². The van der Waals surface area contributed by atoms with Crippen molar-refractivity contribution in [2.75, 3.05) is 11.9 Å². The van der Waals surface area contributed by atoms with Crippen molar-refractivity contribution in [1.29, 1.82) is 0 Å². The molecule has 0 bridgehead atoms. The number of nitrogens with zero attached hydrogens (tertiary/aromatic N) is 3. The van der Waals surface area contributed by atoms with Gasteiger partial charge in [-0.25, -0.2) is 9.97 Å². The van der Waals surface area contributed by atoms with E-state index < -0.39 is 4.92 Å². The van der Waals surface area contributed by atoms with Gasteiger partial charge in [-0.05, 0) is 12.8 Å². The molecule has 0 aromatic carbocycles. The van der Waals surface area contributed by atoms with Gasteiger partial charge in [0.05, 0.1) is 11.0 Å². The summed E-state index contributed by atoms with van der Waals surface area (Å²) in [6, 6.07) is 0. The van der Waals surface area contributed by atoms with Crippen LogP contribution in [0.5, 0.6) is 0 Å². The molecule has 1 atom stereocenters. The van der Waals surface area contributed by atoms with Gasteiger partial charge in [0.2, 0.25) is 5.95 Å². The highest BCUT2D eigenvalue weighted by Gasteiger charge is 2.06. The Morgan fingerprint density at radius 3 is 2.69 bits per heavy atom. The Kier molecular flexibility index (Phi) is 4.59. The first-order valence-electron chi connectivity index (χ1n) is 5.02. The molecule has 0 saturated carbocycles. The fraction of sp³-hybridized carbons (Fsp3) is 0.556. The zero-order valence-corrected chi connectivity index (χ0v) is 8.96. The predicted octanol–water partition coefficient (Wildman–Crippen LogP) is 0.958. The molecule has 7 nitrogen and oxygen atoms in total. The second kappa shape index (κ2) is 5.96. The Morgan fingerprint density at radius 2 is 2.19 bits per heavy atom. The molecule has 1 heterocycles. The van der Waals surface area contributed by atoms with E-state index in [9.17, 15) is 15.2 Å². The Balaban J connectivity index is 2.40. The quantitative estimate of drug-likeness (QED) is 0.553. The number of anilines is 1. The largest absolute Gasteiger partial charge is 0.393 e. The molecule has 0 fully saturated rings. The highest BCUT2D eigenvalue weighted by Crippen LogP contribution is 2.08. The third-order valence-electron chi connectivity index (χ3n) is 2.08. The Hall–Kier alpha value is -1.76. The average Bonchev–Trinajstić information content (AvgIpc) is 2.29. The molecule has 7 heteroatoms. The van der Waals surface area contributed by atoms with Crippen LogP contribution in [0, 0.1) is 10.1 Å². The molecule has 0 aliphatic rings. The van der Waals surface area contributed by atoms with E-state index in [-0.39, 0.29) is 11.8 Å². The molecule has 2 N–H and O–H groups in total. The lowest BCUT2D eigenvalue weighted by Crippen LogP contribution is -2.13. The van der Waals surface area contributed by atoms with Crippen LogP contribution in [0.4, 0.5) is 11.6 Å². The molecule has 1 aromatic rings. The summed E-state index contributed by atoms with van der Waals surface area (Å²) in [5.41, 5.74) is -0.140. The number of nitrogens with one attached hydrogen (secondary N) is 1. The number of aliphatic hydroxyl groups excluding tert-OH is 1. The van der Waals surface area contributed by atoms with Crippen LogP contribution in [-0.4, -0.2) is 32.6 Å². The van der Waals surface area contributed by atoms with Crippen molar-refractivity contribution in [3.8, 4) is 0 Å². The van der Waals surface area contributed by atoms with E-state index in [1.165, 1.54) is 0 Å². The smallest absolute Gasteiger partial charge is 0.305 e. The van der Waals surface area contributed by atoms with Crippen molar-refractivity contribution in [3.63, 3.8) is 0 Å². The Bertz CT molecular complexity index is 341. The molecule has 1 aromatic heterocycles. The lowest BCUT2D eigenvalue weighted by molar-refractivity contribution is -0.385. The third kappa shape index (κ3) is 3.77. The number of nitro groups is 1. The molecule has 0 aliphatic heterocycles. The number of hydrogen-bond acceptors (Lipinski definition) is 6. The SMILES string of the molecule is CCC(O)CCNc1ncc([N+](=O)[O-])cn1. The first-order valence-corrected chi connectivity index (χ1v) is 5.02. The summed E-state index contributed by atoms with van der Waals surface area (Å²) in [7, 11) is 0. The summed E-state index contributed by atoms with van der Waals surface area (Å²) in [5.74, 6) is 0.328. The van der Waals surface area contributed by atoms with Crippen LogP contribution in [0.15, 0.2) is 12.4 Å². The number of hydrogen-bond donors (Lipinski definition) is 2. The second-order valence-corrected chi connectivity index (χ2v) is 3.30. The molecule has 0 saturated heterocycles. The van der Waals surface area contributed by atoms with Gasteiger partial charge in [-0.1, -0.05) is 6.92 Å². The topological polar surface area (TPSA) is 101 Å². The highest BCUT2D eigenvalue weighted by atomic mass is 16.6. The normalized spacial score (nSPS) is 12.1. The first-order chi connectivity index (χ1) is 7.63. The van der Waals surface area contributed by atoms with E-state index in [0.29, 0.717) is 25.3 Å². The summed E-state index contributed by atoms with van der Waals surface area (Å²) in [5, 5.41) is 22.5. The Labute approximate surface area is 92.7 Å². The first kappa shape index (κ1) is 12.3. The van der Waals surface area contributed by atoms with Gasteiger partial charge in [-0.3, -0.25) is 10.1 Å². The van der Waals surface area contributed by atoms with E-state index in [0.717, 1.165) is 12.4 Å². The molecule has 0 aliphatic carbocycles. The maximum Gasteiger partial charge on any atom is 0.305 e. The number of aliphatic hydroxyl groups is 1. The van der Waals surface area contributed by atoms with E-state index in [4.69, 9.17) is 0 Å². The van der Waals surface area contributed by atoms with Gasteiger partial charge in [0, 0.05) is 6.54 Å². The standard InChI is InChI=1S/C9H14N4O3/c1-2-8(14)3-4-10-9-11-5-7(6-12-9)13(15)16/h5-6,8,14H,2-4H2,1H3,(H,10,11,12). The molecular formula is C9H14N4O3. The molecule has 0 spiro atoms. The van der Waals surface area contributed by atoms with E-state index in [1.54, 1.807) is 0 Å². The van der Waals surface area contributed by atoms with Gasteiger partial charge in [0.1, 0.15) is 12.4 Å². The molecular weight excluding hydrogens is 212 g/mol. The van der Waals surface area contributed by atoms with Crippen molar-refractivity contribution < 1.29 is 10.0 Å². The highest BCUT2D eigenvalue weighted by molar-refractivity contribution is 5.30. The van der Waals surface area contributed by atoms with Crippen LogP contribution in [0.2, 0.25) is 0 Å². The second-order valence-electron chi connectivity index (χ2n) is 3.30. The van der Waals surface area contributed by atoms with Gasteiger partial charge < -0.3 is 10.4 Å². The van der Waals surface area contributed by atoms with E-state index in [2.05, 4.69) is 15.3 Å². The van der Waals surface area contributed by atoms with Crippen molar-refractivity contribution in [2.45, 2.75) is 25.9 Å². The zero-order valence-electron chi connectivity index (χ0n) is 8.96. The molecule has 0 amide bonds. The summed E-state index contributed by atoms with van der Waals surface area (Å²) in [6.07, 6.45) is 3.24. The summed E-state index contributed by atoms with van der Waals surface area (Å²) < 4.78 is 0. The van der Waals surface area contributed by atoms with Crippen molar-refractivity contribution in [1.82, 2.24) is 9.97 Å².